The molecule has 0 N–H and O–H groups in total. The third-order valence-electron chi connectivity index (χ3n) is 2.90. The zero-order chi connectivity index (χ0) is 15.4. The van der Waals surface area contributed by atoms with Gasteiger partial charge in [0.1, 0.15) is 11.5 Å². The molecular formula is C15H18N2O4. The molecule has 2 rings (SSSR count). The number of aromatic nitrogens is 2. The summed E-state index contributed by atoms with van der Waals surface area (Å²) < 4.78 is 15.9. The number of carbonyl (C=O) groups is 1. The van der Waals surface area contributed by atoms with Crippen molar-refractivity contribution in [3.63, 3.8) is 0 Å². The van der Waals surface area contributed by atoms with Gasteiger partial charge in [0.15, 0.2) is 12.4 Å². The lowest BCUT2D eigenvalue weighted by Crippen LogP contribution is -2.03. The first-order valence-corrected chi connectivity index (χ1v) is 6.65. The van der Waals surface area contributed by atoms with E-state index in [0.29, 0.717) is 28.8 Å². The van der Waals surface area contributed by atoms with Crippen molar-refractivity contribution in [3.8, 4) is 11.5 Å². The molecule has 0 saturated carbocycles. The smallest absolute Gasteiger partial charge is 0.229 e. The third kappa shape index (κ3) is 3.59. The van der Waals surface area contributed by atoms with Crippen LogP contribution in [-0.4, -0.2) is 23.0 Å². The monoisotopic (exact) mass is 290 g/mol. The number of rotatable bonds is 6. The molecule has 1 aromatic heterocycles. The minimum Gasteiger partial charge on any atom is -0.497 e. The topological polar surface area (TPSA) is 74.5 Å². The molecule has 0 unspecified atom stereocenters. The van der Waals surface area contributed by atoms with E-state index in [4.69, 9.17) is 14.0 Å². The van der Waals surface area contributed by atoms with Crippen molar-refractivity contribution in [3.05, 3.63) is 35.5 Å². The molecule has 6 nitrogen and oxygen atoms in total. The molecular weight excluding hydrogens is 272 g/mol. The summed E-state index contributed by atoms with van der Waals surface area (Å²) in [5.41, 5.74) is 0.489. The fourth-order valence-corrected chi connectivity index (χ4v) is 1.74. The molecule has 6 heteroatoms. The summed E-state index contributed by atoms with van der Waals surface area (Å²) in [6.45, 7) is 5.55. The largest absolute Gasteiger partial charge is 0.497 e. The number of ether oxygens (including phenoxy) is 2. The fourth-order valence-electron chi connectivity index (χ4n) is 1.74. The van der Waals surface area contributed by atoms with E-state index in [2.05, 4.69) is 10.1 Å². The van der Waals surface area contributed by atoms with Crippen molar-refractivity contribution in [2.45, 2.75) is 33.3 Å². The normalized spacial score (nSPS) is 10.7. The zero-order valence-electron chi connectivity index (χ0n) is 12.5. The van der Waals surface area contributed by atoms with Crippen molar-refractivity contribution in [1.82, 2.24) is 10.1 Å². The van der Waals surface area contributed by atoms with Gasteiger partial charge in [0.05, 0.1) is 12.7 Å². The van der Waals surface area contributed by atoms with Gasteiger partial charge < -0.3 is 14.0 Å². The van der Waals surface area contributed by atoms with Crippen LogP contribution < -0.4 is 9.47 Å². The van der Waals surface area contributed by atoms with Gasteiger partial charge in [-0.2, -0.15) is 4.98 Å². The van der Waals surface area contributed by atoms with E-state index >= 15 is 0 Å². The molecule has 0 spiro atoms. The van der Waals surface area contributed by atoms with Gasteiger partial charge in [-0.05, 0) is 19.1 Å². The molecule has 0 bridgehead atoms. The van der Waals surface area contributed by atoms with E-state index in [1.54, 1.807) is 25.3 Å². The summed E-state index contributed by atoms with van der Waals surface area (Å²) in [5.74, 6) is 2.14. The van der Waals surface area contributed by atoms with Crippen molar-refractivity contribution in [2.24, 2.45) is 0 Å². The number of hydrogen-bond donors (Lipinski definition) is 0. The van der Waals surface area contributed by atoms with Gasteiger partial charge in [-0.1, -0.05) is 19.0 Å². The van der Waals surface area contributed by atoms with E-state index in [-0.39, 0.29) is 18.3 Å². The number of ketones is 1. The molecule has 0 atom stereocenters. The number of hydrogen-bond acceptors (Lipinski definition) is 6. The van der Waals surface area contributed by atoms with Gasteiger partial charge in [-0.3, -0.25) is 4.79 Å². The Morgan fingerprint density at radius 1 is 1.38 bits per heavy atom. The summed E-state index contributed by atoms with van der Waals surface area (Å²) in [5, 5.41) is 3.84. The number of Topliss-reactive ketones (excluding diaryl/α,β-unsaturated/α-hetero) is 1. The second-order valence-electron chi connectivity index (χ2n) is 4.91. The van der Waals surface area contributed by atoms with Crippen LogP contribution in [0.25, 0.3) is 0 Å². The molecule has 21 heavy (non-hydrogen) atoms. The Labute approximate surface area is 123 Å². The lowest BCUT2D eigenvalue weighted by Gasteiger charge is -2.09. The third-order valence-corrected chi connectivity index (χ3v) is 2.90. The summed E-state index contributed by atoms with van der Waals surface area (Å²) in [6, 6.07) is 5.06. The van der Waals surface area contributed by atoms with E-state index in [9.17, 15) is 4.79 Å². The molecule has 0 aliphatic rings. The van der Waals surface area contributed by atoms with Crippen LogP contribution in [0.4, 0.5) is 0 Å². The Kier molecular flexibility index (Phi) is 4.57. The second-order valence-corrected chi connectivity index (χ2v) is 4.91. The van der Waals surface area contributed by atoms with Crippen molar-refractivity contribution < 1.29 is 18.8 Å². The summed E-state index contributed by atoms with van der Waals surface area (Å²) in [4.78, 5) is 15.8. The molecule has 0 fully saturated rings. The van der Waals surface area contributed by atoms with Crippen molar-refractivity contribution in [1.29, 1.82) is 0 Å². The van der Waals surface area contributed by atoms with Crippen LogP contribution in [-0.2, 0) is 6.61 Å². The quantitative estimate of drug-likeness (QED) is 0.761. The molecule has 112 valence electrons. The lowest BCUT2D eigenvalue weighted by atomic mass is 10.1. The van der Waals surface area contributed by atoms with Crippen LogP contribution in [0.3, 0.4) is 0 Å². The predicted molar refractivity (Wildman–Crippen MR) is 75.7 cm³/mol. The summed E-state index contributed by atoms with van der Waals surface area (Å²) >= 11 is 0. The molecule has 0 aliphatic carbocycles. The average Bonchev–Trinajstić information content (AvgIpc) is 2.93. The minimum atomic E-state index is -0.0800. The predicted octanol–water partition coefficient (Wildman–Crippen LogP) is 2.98. The van der Waals surface area contributed by atoms with Gasteiger partial charge in [0.25, 0.3) is 0 Å². The Hall–Kier alpha value is -2.37. The first kappa shape index (κ1) is 15.0. The van der Waals surface area contributed by atoms with Crippen molar-refractivity contribution in [2.75, 3.05) is 7.11 Å². The first-order valence-electron chi connectivity index (χ1n) is 6.65. The standard InChI is InChI=1S/C15H18N2O4/c1-9(2)15-16-14(17-21-15)8-20-13-7-11(19-4)5-6-12(13)10(3)18/h5-7,9H,8H2,1-4H3. The molecule has 1 heterocycles. The highest BCUT2D eigenvalue weighted by molar-refractivity contribution is 5.97. The van der Waals surface area contributed by atoms with E-state index in [1.807, 2.05) is 13.8 Å². The molecule has 0 radical (unpaired) electrons. The number of carbonyl (C=O) groups excluding carboxylic acids is 1. The Morgan fingerprint density at radius 3 is 2.71 bits per heavy atom. The number of benzene rings is 1. The fraction of sp³-hybridized carbons (Fsp3) is 0.400. The lowest BCUT2D eigenvalue weighted by molar-refractivity contribution is 0.101. The van der Waals surface area contributed by atoms with Gasteiger partial charge in [-0.25, -0.2) is 0 Å². The van der Waals surface area contributed by atoms with Gasteiger partial charge >= 0.3 is 0 Å². The summed E-state index contributed by atoms with van der Waals surface area (Å²) in [7, 11) is 1.56. The Bertz CT molecular complexity index is 634. The van der Waals surface area contributed by atoms with Crippen LogP contribution in [0, 0.1) is 0 Å². The minimum absolute atomic E-state index is 0.0800. The summed E-state index contributed by atoms with van der Waals surface area (Å²) in [6.07, 6.45) is 0. The maximum atomic E-state index is 11.6. The Balaban J connectivity index is 2.15. The number of nitrogens with zero attached hydrogens (tertiary/aromatic N) is 2. The second kappa shape index (κ2) is 6.39. The SMILES string of the molecule is COc1ccc(C(C)=O)c(OCc2noc(C(C)C)n2)c1. The van der Waals surface area contributed by atoms with E-state index < -0.39 is 0 Å². The number of methoxy groups -OCH3 is 1. The van der Waals surface area contributed by atoms with Crippen LogP contribution >= 0.6 is 0 Å². The molecule has 2 aromatic rings. The van der Waals surface area contributed by atoms with E-state index in [1.165, 1.54) is 6.92 Å². The van der Waals surface area contributed by atoms with Crippen LogP contribution in [0.5, 0.6) is 11.5 Å². The molecule has 0 saturated heterocycles. The highest BCUT2D eigenvalue weighted by atomic mass is 16.5. The van der Waals surface area contributed by atoms with Crippen molar-refractivity contribution >= 4 is 5.78 Å². The Morgan fingerprint density at radius 2 is 2.14 bits per heavy atom. The molecule has 0 amide bonds. The maximum Gasteiger partial charge on any atom is 0.229 e. The van der Waals surface area contributed by atoms with Gasteiger partial charge in [-0.15, -0.1) is 0 Å². The van der Waals surface area contributed by atoms with Gasteiger partial charge in [0, 0.05) is 12.0 Å². The highest BCUT2D eigenvalue weighted by Gasteiger charge is 2.13. The molecule has 0 aliphatic heterocycles. The highest BCUT2D eigenvalue weighted by Crippen LogP contribution is 2.26. The van der Waals surface area contributed by atoms with Gasteiger partial charge in [0.2, 0.25) is 11.7 Å². The van der Waals surface area contributed by atoms with Crippen LogP contribution in [0.1, 0.15) is 48.8 Å². The van der Waals surface area contributed by atoms with Crippen LogP contribution in [0.15, 0.2) is 22.7 Å². The van der Waals surface area contributed by atoms with Crippen LogP contribution in [0.2, 0.25) is 0 Å². The van der Waals surface area contributed by atoms with E-state index in [0.717, 1.165) is 0 Å². The zero-order valence-corrected chi connectivity index (χ0v) is 12.5. The molecule has 1 aromatic carbocycles. The first-order chi connectivity index (χ1) is 10.0. The average molecular weight is 290 g/mol. The maximum absolute atomic E-state index is 11.6.